The summed E-state index contributed by atoms with van der Waals surface area (Å²) in [6, 6.07) is 0.408. The quantitative estimate of drug-likeness (QED) is 0.790. The molecule has 5 nitrogen and oxygen atoms in total. The summed E-state index contributed by atoms with van der Waals surface area (Å²) in [6.07, 6.45) is 1.53. The Balaban J connectivity index is 2.49. The van der Waals surface area contributed by atoms with Gasteiger partial charge in [0.25, 0.3) is 0 Å². The number of aromatic nitrogens is 1. The molecule has 6 heteroatoms. The number of hydrogen-bond donors (Lipinski definition) is 1. The molecule has 0 spiro atoms. The van der Waals surface area contributed by atoms with Crippen LogP contribution in [0.4, 0.5) is 5.13 Å². The Morgan fingerprint density at radius 2 is 2.38 bits per heavy atom. The van der Waals surface area contributed by atoms with Gasteiger partial charge in [-0.3, -0.25) is 0 Å². The minimum absolute atomic E-state index is 0.341. The zero-order valence-corrected chi connectivity index (χ0v) is 10.8. The first-order chi connectivity index (χ1) is 7.54. The highest BCUT2D eigenvalue weighted by Gasteiger charge is 2.11. The van der Waals surface area contributed by atoms with Crippen LogP contribution in [0.15, 0.2) is 6.20 Å². The van der Waals surface area contributed by atoms with Gasteiger partial charge >= 0.3 is 5.97 Å². The molecule has 1 N–H and O–H groups in total. The molecule has 1 rings (SSSR count). The van der Waals surface area contributed by atoms with Crippen LogP contribution in [0.3, 0.4) is 0 Å². The molecule has 0 saturated carbocycles. The summed E-state index contributed by atoms with van der Waals surface area (Å²) in [7, 11) is 5.41. The number of rotatable bonds is 5. The molecule has 1 unspecified atom stereocenters. The molecule has 0 radical (unpaired) electrons. The van der Waals surface area contributed by atoms with Gasteiger partial charge in [0.1, 0.15) is 4.88 Å². The van der Waals surface area contributed by atoms with Gasteiger partial charge in [0, 0.05) is 12.6 Å². The van der Waals surface area contributed by atoms with Gasteiger partial charge in [-0.1, -0.05) is 11.3 Å². The van der Waals surface area contributed by atoms with Crippen LogP contribution in [0.1, 0.15) is 16.6 Å². The predicted octanol–water partition coefficient (Wildman–Crippen LogP) is 1.29. The van der Waals surface area contributed by atoms with Crippen LogP contribution in [0.5, 0.6) is 0 Å². The topological polar surface area (TPSA) is 54.5 Å². The van der Waals surface area contributed by atoms with Crippen LogP contribution in [0, 0.1) is 0 Å². The zero-order chi connectivity index (χ0) is 12.1. The van der Waals surface area contributed by atoms with E-state index in [4.69, 9.17) is 0 Å². The molecule has 90 valence electrons. The monoisotopic (exact) mass is 243 g/mol. The summed E-state index contributed by atoms with van der Waals surface area (Å²) in [6.45, 7) is 2.91. The van der Waals surface area contributed by atoms with E-state index in [2.05, 4.69) is 26.9 Å². The fourth-order valence-electron chi connectivity index (χ4n) is 0.968. The SMILES string of the molecule is COC(=O)c1cnc(NCC(C)N(C)C)s1. The Bertz CT molecular complexity index is 352. The summed E-state index contributed by atoms with van der Waals surface area (Å²) in [5.41, 5.74) is 0. The van der Waals surface area contributed by atoms with E-state index < -0.39 is 0 Å². The van der Waals surface area contributed by atoms with E-state index >= 15 is 0 Å². The number of carbonyl (C=O) groups is 1. The number of likely N-dealkylation sites (N-methyl/N-ethyl adjacent to an activating group) is 1. The minimum Gasteiger partial charge on any atom is -0.465 e. The normalized spacial score (nSPS) is 12.6. The summed E-state index contributed by atoms with van der Waals surface area (Å²) in [5, 5.41) is 3.93. The van der Waals surface area contributed by atoms with E-state index in [0.29, 0.717) is 10.9 Å². The van der Waals surface area contributed by atoms with Crippen molar-refractivity contribution in [2.24, 2.45) is 0 Å². The van der Waals surface area contributed by atoms with Crippen molar-refractivity contribution >= 4 is 22.4 Å². The van der Waals surface area contributed by atoms with Crippen LogP contribution in [0.25, 0.3) is 0 Å². The summed E-state index contributed by atoms with van der Waals surface area (Å²) >= 11 is 1.30. The van der Waals surface area contributed by atoms with E-state index in [-0.39, 0.29) is 5.97 Å². The number of thiazole rings is 1. The Morgan fingerprint density at radius 3 is 2.94 bits per heavy atom. The molecular weight excluding hydrogens is 226 g/mol. The average Bonchev–Trinajstić information content (AvgIpc) is 2.73. The molecule has 1 aromatic rings. The van der Waals surface area contributed by atoms with Gasteiger partial charge in [0.15, 0.2) is 5.13 Å². The third-order valence-electron chi connectivity index (χ3n) is 2.32. The van der Waals surface area contributed by atoms with Crippen molar-refractivity contribution in [1.29, 1.82) is 0 Å². The lowest BCUT2D eigenvalue weighted by Crippen LogP contribution is -2.31. The van der Waals surface area contributed by atoms with Gasteiger partial charge in [-0.15, -0.1) is 0 Å². The van der Waals surface area contributed by atoms with Gasteiger partial charge in [-0.05, 0) is 21.0 Å². The second-order valence-corrected chi connectivity index (χ2v) is 4.75. The highest BCUT2D eigenvalue weighted by molar-refractivity contribution is 7.17. The Kier molecular flexibility index (Phi) is 4.70. The lowest BCUT2D eigenvalue weighted by atomic mass is 10.3. The molecule has 0 aliphatic rings. The van der Waals surface area contributed by atoms with Crippen LogP contribution >= 0.6 is 11.3 Å². The zero-order valence-electron chi connectivity index (χ0n) is 9.98. The van der Waals surface area contributed by atoms with Crippen molar-refractivity contribution in [1.82, 2.24) is 9.88 Å². The number of nitrogens with one attached hydrogen (secondary N) is 1. The molecule has 0 aromatic carbocycles. The summed E-state index contributed by atoms with van der Waals surface area (Å²) in [4.78, 5) is 17.9. The largest absolute Gasteiger partial charge is 0.465 e. The van der Waals surface area contributed by atoms with Gasteiger partial charge in [0.05, 0.1) is 13.3 Å². The third-order valence-corrected chi connectivity index (χ3v) is 3.26. The van der Waals surface area contributed by atoms with Crippen molar-refractivity contribution in [3.05, 3.63) is 11.1 Å². The Labute approximate surface area is 99.4 Å². The van der Waals surface area contributed by atoms with Gasteiger partial charge in [-0.25, -0.2) is 9.78 Å². The predicted molar refractivity (Wildman–Crippen MR) is 65.1 cm³/mol. The molecule has 1 heterocycles. The molecule has 0 amide bonds. The number of hydrogen-bond acceptors (Lipinski definition) is 6. The molecule has 0 aliphatic carbocycles. The highest BCUT2D eigenvalue weighted by Crippen LogP contribution is 2.18. The van der Waals surface area contributed by atoms with Crippen LogP contribution < -0.4 is 5.32 Å². The third kappa shape index (κ3) is 3.46. The maximum Gasteiger partial charge on any atom is 0.349 e. The number of esters is 1. The molecule has 0 fully saturated rings. The highest BCUT2D eigenvalue weighted by atomic mass is 32.1. The summed E-state index contributed by atoms with van der Waals surface area (Å²) < 4.78 is 4.61. The molecule has 0 bridgehead atoms. The molecule has 0 aliphatic heterocycles. The van der Waals surface area contributed by atoms with Crippen molar-refractivity contribution in [3.63, 3.8) is 0 Å². The maximum atomic E-state index is 11.2. The maximum absolute atomic E-state index is 11.2. The molecular formula is C10H17N3O2S. The van der Waals surface area contributed by atoms with Gasteiger partial charge in [-0.2, -0.15) is 0 Å². The Morgan fingerprint density at radius 1 is 1.69 bits per heavy atom. The van der Waals surface area contributed by atoms with E-state index in [1.165, 1.54) is 24.6 Å². The minimum atomic E-state index is -0.341. The van der Waals surface area contributed by atoms with Crippen LogP contribution in [-0.2, 0) is 4.74 Å². The fourth-order valence-corrected chi connectivity index (χ4v) is 1.71. The second-order valence-electron chi connectivity index (χ2n) is 3.71. The van der Waals surface area contributed by atoms with E-state index in [1.807, 2.05) is 14.1 Å². The fraction of sp³-hybridized carbons (Fsp3) is 0.600. The smallest absolute Gasteiger partial charge is 0.349 e. The van der Waals surface area contributed by atoms with Crippen LogP contribution in [-0.4, -0.2) is 49.6 Å². The van der Waals surface area contributed by atoms with E-state index in [0.717, 1.165) is 11.7 Å². The van der Waals surface area contributed by atoms with Crippen molar-refractivity contribution in [2.45, 2.75) is 13.0 Å². The first kappa shape index (κ1) is 12.9. The number of nitrogens with zero attached hydrogens (tertiary/aromatic N) is 2. The van der Waals surface area contributed by atoms with E-state index in [1.54, 1.807) is 0 Å². The van der Waals surface area contributed by atoms with Gasteiger partial charge < -0.3 is 15.0 Å². The molecule has 0 saturated heterocycles. The number of ether oxygens (including phenoxy) is 1. The molecule has 1 atom stereocenters. The number of methoxy groups -OCH3 is 1. The lowest BCUT2D eigenvalue weighted by Gasteiger charge is -2.19. The van der Waals surface area contributed by atoms with Crippen molar-refractivity contribution in [2.75, 3.05) is 33.1 Å². The van der Waals surface area contributed by atoms with E-state index in [9.17, 15) is 4.79 Å². The standard InChI is InChI=1S/C10H17N3O2S/c1-7(13(2)3)5-11-10-12-6-8(16-10)9(14)15-4/h6-7H,5H2,1-4H3,(H,11,12). The molecule has 16 heavy (non-hydrogen) atoms. The first-order valence-corrected chi connectivity index (χ1v) is 5.80. The van der Waals surface area contributed by atoms with Crippen molar-refractivity contribution < 1.29 is 9.53 Å². The average molecular weight is 243 g/mol. The summed E-state index contributed by atoms with van der Waals surface area (Å²) in [5.74, 6) is -0.341. The van der Waals surface area contributed by atoms with Crippen molar-refractivity contribution in [3.8, 4) is 0 Å². The van der Waals surface area contributed by atoms with Crippen LogP contribution in [0.2, 0.25) is 0 Å². The lowest BCUT2D eigenvalue weighted by molar-refractivity contribution is 0.0606. The van der Waals surface area contributed by atoms with Gasteiger partial charge in [0.2, 0.25) is 0 Å². The number of anilines is 1. The second kappa shape index (κ2) is 5.81. The number of carbonyl (C=O) groups excluding carboxylic acids is 1. The molecule has 1 aromatic heterocycles. The first-order valence-electron chi connectivity index (χ1n) is 4.99. The Hall–Kier alpha value is -1.14.